The van der Waals surface area contributed by atoms with E-state index in [9.17, 15) is 26.3 Å². The number of unbranched alkanes of at least 4 members (excludes halogenated alkanes) is 2. The van der Waals surface area contributed by atoms with Crippen LogP contribution in [0.5, 0.6) is 0 Å². The predicted octanol–water partition coefficient (Wildman–Crippen LogP) is 17.0. The summed E-state index contributed by atoms with van der Waals surface area (Å²) in [5.41, 5.74) is 6.81. The SMILES string of the molecule is C#CC(C)(CC(C)c1cccc(Cc2ccccc2)c1)c1ccc(C(F)(F)F)cc1.C#CCCCC.C=CC(C)(CCCc1cccc(Cc2ccccc2)c1)c1ccc(C(F)(F)F)cc1. The number of aryl methyl sites for hydroxylation is 1. The van der Waals surface area contributed by atoms with Gasteiger partial charge in [0.05, 0.1) is 16.5 Å². The maximum absolute atomic E-state index is 12.9. The molecule has 0 spiro atoms. The molecule has 0 radical (unpaired) electrons. The lowest BCUT2D eigenvalue weighted by molar-refractivity contribution is -0.138. The van der Waals surface area contributed by atoms with Gasteiger partial charge in [-0.25, -0.2) is 0 Å². The van der Waals surface area contributed by atoms with Crippen molar-refractivity contribution in [2.24, 2.45) is 0 Å². The summed E-state index contributed by atoms with van der Waals surface area (Å²) in [6, 6.07) is 48.4. The van der Waals surface area contributed by atoms with E-state index in [0.29, 0.717) is 6.42 Å². The lowest BCUT2D eigenvalue weighted by Gasteiger charge is -2.28. The molecule has 6 aromatic carbocycles. The highest BCUT2D eigenvalue weighted by Gasteiger charge is 2.33. The van der Waals surface area contributed by atoms with Crippen molar-refractivity contribution in [1.82, 2.24) is 0 Å². The van der Waals surface area contributed by atoms with Gasteiger partial charge in [-0.3, -0.25) is 0 Å². The Morgan fingerprint density at radius 3 is 1.47 bits per heavy atom. The number of allylic oxidation sites excluding steroid dienone is 1. The molecule has 0 bridgehead atoms. The molecule has 0 aliphatic heterocycles. The summed E-state index contributed by atoms with van der Waals surface area (Å²) in [7, 11) is 0. The third-order valence-electron chi connectivity index (χ3n) is 12.1. The van der Waals surface area contributed by atoms with Gasteiger partial charge in [0, 0.05) is 11.8 Å². The summed E-state index contributed by atoms with van der Waals surface area (Å²) in [6.07, 6.45) is 12.4. The smallest absolute Gasteiger partial charge is 0.166 e. The van der Waals surface area contributed by atoms with Crippen molar-refractivity contribution in [3.05, 3.63) is 226 Å². The van der Waals surface area contributed by atoms with Crippen LogP contribution in [-0.4, -0.2) is 0 Å². The topological polar surface area (TPSA) is 0 Å². The van der Waals surface area contributed by atoms with Crippen LogP contribution < -0.4 is 0 Å². The van der Waals surface area contributed by atoms with Gasteiger partial charge >= 0.3 is 12.4 Å². The van der Waals surface area contributed by atoms with Crippen molar-refractivity contribution in [3.63, 3.8) is 0 Å². The number of hydrogen-bond donors (Lipinski definition) is 0. The van der Waals surface area contributed by atoms with E-state index < -0.39 is 28.9 Å². The summed E-state index contributed by atoms with van der Waals surface area (Å²) in [6.45, 7) is 12.1. The molecule has 0 nitrogen and oxygen atoms in total. The number of hydrogen-bond acceptors (Lipinski definition) is 0. The van der Waals surface area contributed by atoms with E-state index in [2.05, 4.69) is 117 Å². The minimum Gasteiger partial charge on any atom is -0.166 e. The van der Waals surface area contributed by atoms with Gasteiger partial charge in [-0.05, 0) is 127 Å². The van der Waals surface area contributed by atoms with Crippen LogP contribution in [0.3, 0.4) is 0 Å². The Labute approximate surface area is 390 Å². The number of halogens is 6. The van der Waals surface area contributed by atoms with Crippen molar-refractivity contribution < 1.29 is 26.3 Å². The van der Waals surface area contributed by atoms with Crippen LogP contribution in [0.25, 0.3) is 0 Å². The fraction of sp³-hybridized carbons (Fsp3) is 0.300. The lowest BCUT2D eigenvalue weighted by Crippen LogP contribution is -2.22. The van der Waals surface area contributed by atoms with Gasteiger partial charge in [0.1, 0.15) is 0 Å². The fourth-order valence-corrected chi connectivity index (χ4v) is 7.93. The van der Waals surface area contributed by atoms with E-state index in [4.69, 9.17) is 12.8 Å². The molecule has 0 saturated carbocycles. The average Bonchev–Trinajstić information content (AvgIpc) is 3.31. The number of alkyl halides is 6. The van der Waals surface area contributed by atoms with E-state index >= 15 is 0 Å². The van der Waals surface area contributed by atoms with Crippen LogP contribution in [0.4, 0.5) is 26.3 Å². The largest absolute Gasteiger partial charge is 0.416 e. The van der Waals surface area contributed by atoms with Crippen LogP contribution in [0, 0.1) is 24.7 Å². The number of rotatable bonds is 16. The molecule has 0 N–H and O–H groups in total. The molecule has 0 aromatic heterocycles. The standard InChI is InChI=1S/C27H25F3.C27H27F3.C6H10/c1-4-26(3,24-13-15-25(16-14-24)27(28,29)30)19-20(2)23-12-8-11-22(18-23)17-21-9-6-5-7-10-21;1-3-26(2,24-14-16-25(17-15-24)27(28,29)30)18-8-13-22-11-7-12-23(20-22)19-21-9-5-4-6-10-21;1-3-5-6-4-2/h1,5-16,18,20H,17,19H2,2-3H3;3-7,9-12,14-17,20H,1,8,13,18-19H2,2H3;1H,4-6H2,2H3. The molecule has 0 aliphatic carbocycles. The van der Waals surface area contributed by atoms with E-state index in [1.54, 1.807) is 12.1 Å². The molecule has 3 unspecified atom stereocenters. The van der Waals surface area contributed by atoms with Gasteiger partial charge in [0.25, 0.3) is 0 Å². The summed E-state index contributed by atoms with van der Waals surface area (Å²) >= 11 is 0. The summed E-state index contributed by atoms with van der Waals surface area (Å²) in [5.74, 6) is 5.55. The first-order valence-corrected chi connectivity index (χ1v) is 22.6. The Balaban J connectivity index is 0.000000257. The minimum atomic E-state index is -4.35. The Hall–Kier alpha value is -6.24. The Kier molecular flexibility index (Phi) is 19.7. The zero-order valence-corrected chi connectivity index (χ0v) is 38.7. The molecule has 66 heavy (non-hydrogen) atoms. The molecule has 0 saturated heterocycles. The van der Waals surface area contributed by atoms with E-state index in [0.717, 1.165) is 73.9 Å². The summed E-state index contributed by atoms with van der Waals surface area (Å²) in [4.78, 5) is 0. The number of benzene rings is 6. The van der Waals surface area contributed by atoms with Crippen molar-refractivity contribution in [1.29, 1.82) is 0 Å². The van der Waals surface area contributed by atoms with Crippen LogP contribution in [0.2, 0.25) is 0 Å². The van der Waals surface area contributed by atoms with Gasteiger partial charge in [-0.15, -0.1) is 25.3 Å². The zero-order valence-electron chi connectivity index (χ0n) is 38.7. The first kappa shape index (κ1) is 52.4. The molecule has 3 atom stereocenters. The first-order valence-electron chi connectivity index (χ1n) is 22.6. The maximum Gasteiger partial charge on any atom is 0.416 e. The number of terminal acetylenes is 2. The lowest BCUT2D eigenvalue weighted by atomic mass is 9.74. The van der Waals surface area contributed by atoms with Crippen molar-refractivity contribution in [2.75, 3.05) is 0 Å². The highest BCUT2D eigenvalue weighted by atomic mass is 19.4. The second-order valence-electron chi connectivity index (χ2n) is 17.4. The molecule has 6 heteroatoms. The van der Waals surface area contributed by atoms with Gasteiger partial charge in [-0.1, -0.05) is 173 Å². The Morgan fingerprint density at radius 2 is 1.02 bits per heavy atom. The Bertz CT molecular complexity index is 2450. The van der Waals surface area contributed by atoms with Crippen LogP contribution in [-0.2, 0) is 42.4 Å². The maximum atomic E-state index is 12.9. The zero-order chi connectivity index (χ0) is 48.2. The first-order chi connectivity index (χ1) is 31.4. The summed E-state index contributed by atoms with van der Waals surface area (Å²) < 4.78 is 77.2. The molecule has 0 fully saturated rings. The van der Waals surface area contributed by atoms with E-state index in [1.165, 1.54) is 58.4 Å². The second kappa shape index (κ2) is 24.9. The van der Waals surface area contributed by atoms with E-state index in [1.807, 2.05) is 44.2 Å². The van der Waals surface area contributed by atoms with E-state index in [-0.39, 0.29) is 11.3 Å². The normalized spacial score (nSPS) is 13.5. The fourth-order valence-electron chi connectivity index (χ4n) is 7.93. The second-order valence-corrected chi connectivity index (χ2v) is 17.4. The minimum absolute atomic E-state index is 0.157. The highest BCUT2D eigenvalue weighted by Crippen LogP contribution is 2.38. The molecular formula is C60H62F6. The third kappa shape index (κ3) is 16.3. The quantitative estimate of drug-likeness (QED) is 0.0393. The predicted molar refractivity (Wildman–Crippen MR) is 262 cm³/mol. The molecule has 0 amide bonds. The average molecular weight is 897 g/mol. The van der Waals surface area contributed by atoms with Crippen LogP contribution in [0.1, 0.15) is 128 Å². The molecule has 0 aliphatic rings. The van der Waals surface area contributed by atoms with Gasteiger partial charge < -0.3 is 0 Å². The molecule has 344 valence electrons. The summed E-state index contributed by atoms with van der Waals surface area (Å²) in [5, 5.41) is 0. The van der Waals surface area contributed by atoms with Crippen molar-refractivity contribution in [3.8, 4) is 24.7 Å². The van der Waals surface area contributed by atoms with Gasteiger partial charge in [0.15, 0.2) is 0 Å². The molecule has 6 rings (SSSR count). The van der Waals surface area contributed by atoms with Crippen LogP contribution in [0.15, 0.2) is 170 Å². The Morgan fingerprint density at radius 1 is 0.561 bits per heavy atom. The van der Waals surface area contributed by atoms with Crippen molar-refractivity contribution >= 4 is 0 Å². The highest BCUT2D eigenvalue weighted by molar-refractivity contribution is 5.39. The third-order valence-corrected chi connectivity index (χ3v) is 12.1. The van der Waals surface area contributed by atoms with Crippen molar-refractivity contribution in [2.45, 2.75) is 115 Å². The van der Waals surface area contributed by atoms with Gasteiger partial charge in [0.2, 0.25) is 0 Å². The van der Waals surface area contributed by atoms with Crippen LogP contribution >= 0.6 is 0 Å². The molecular weight excluding hydrogens is 835 g/mol. The van der Waals surface area contributed by atoms with Gasteiger partial charge in [-0.2, -0.15) is 26.3 Å². The molecule has 0 heterocycles. The molecule has 6 aromatic rings. The monoisotopic (exact) mass is 896 g/mol.